The van der Waals surface area contributed by atoms with Crippen LogP contribution in [0.15, 0.2) is 83.1 Å². The number of allylic oxidation sites excluding steroid dienone is 2. The highest BCUT2D eigenvalue weighted by atomic mass is 16.3. The van der Waals surface area contributed by atoms with Crippen LogP contribution < -0.4 is 5.32 Å². The van der Waals surface area contributed by atoms with E-state index in [1.54, 1.807) is 54.6 Å². The smallest absolute Gasteiger partial charge is 0.291 e. The Labute approximate surface area is 149 Å². The van der Waals surface area contributed by atoms with Crippen molar-refractivity contribution in [3.63, 3.8) is 0 Å². The summed E-state index contributed by atoms with van der Waals surface area (Å²) in [5.74, 6) is -1.23. The van der Waals surface area contributed by atoms with E-state index in [-0.39, 0.29) is 28.4 Å². The van der Waals surface area contributed by atoms with Gasteiger partial charge in [0.25, 0.3) is 5.91 Å². The Morgan fingerprint density at radius 1 is 0.769 bits per heavy atom. The van der Waals surface area contributed by atoms with Crippen molar-refractivity contribution in [2.75, 3.05) is 0 Å². The summed E-state index contributed by atoms with van der Waals surface area (Å²) in [4.78, 5) is 38.5. The molecule has 3 aromatic rings. The lowest BCUT2D eigenvalue weighted by Gasteiger charge is -2.21. The van der Waals surface area contributed by atoms with Crippen molar-refractivity contribution in [1.82, 2.24) is 5.32 Å². The maximum Gasteiger partial charge on any atom is 0.291 e. The molecule has 0 spiro atoms. The number of hydrogen-bond donors (Lipinski definition) is 1. The quantitative estimate of drug-likeness (QED) is 0.790. The minimum atomic E-state index is -0.584. The fourth-order valence-corrected chi connectivity index (χ4v) is 2.96. The van der Waals surface area contributed by atoms with E-state index in [9.17, 15) is 14.4 Å². The van der Waals surface area contributed by atoms with Crippen molar-refractivity contribution in [1.29, 1.82) is 0 Å². The second-order valence-electron chi connectivity index (χ2n) is 5.75. The lowest BCUT2D eigenvalue weighted by molar-refractivity contribution is 0.0908. The zero-order valence-electron chi connectivity index (χ0n) is 13.6. The Morgan fingerprint density at radius 2 is 1.42 bits per heavy atom. The van der Waals surface area contributed by atoms with Gasteiger partial charge in [-0.05, 0) is 17.7 Å². The molecule has 2 aromatic carbocycles. The lowest BCUT2D eigenvalue weighted by Crippen LogP contribution is -2.33. The molecule has 1 aliphatic carbocycles. The molecular weight excluding hydrogens is 330 g/mol. The van der Waals surface area contributed by atoms with Crippen LogP contribution in [0.2, 0.25) is 0 Å². The van der Waals surface area contributed by atoms with Gasteiger partial charge in [-0.3, -0.25) is 14.4 Å². The molecule has 0 unspecified atom stereocenters. The van der Waals surface area contributed by atoms with Crippen molar-refractivity contribution in [3.8, 4) is 0 Å². The first-order valence-corrected chi connectivity index (χ1v) is 8.00. The number of hydrogen-bond acceptors (Lipinski definition) is 4. The zero-order chi connectivity index (χ0) is 18.1. The number of Topliss-reactive ketones (excluding diaryl/α,β-unsaturated/α-hetero) is 2. The molecule has 126 valence electrons. The van der Waals surface area contributed by atoms with E-state index >= 15 is 0 Å². The van der Waals surface area contributed by atoms with Crippen LogP contribution in [-0.2, 0) is 0 Å². The van der Waals surface area contributed by atoms with E-state index in [0.717, 1.165) is 0 Å². The van der Waals surface area contributed by atoms with Crippen LogP contribution >= 0.6 is 0 Å². The van der Waals surface area contributed by atoms with Crippen LogP contribution in [0.4, 0.5) is 0 Å². The van der Waals surface area contributed by atoms with Crippen molar-refractivity contribution < 1.29 is 18.8 Å². The normalized spacial score (nSPS) is 13.5. The molecular formula is C21H13NO4. The van der Waals surface area contributed by atoms with Crippen LogP contribution in [0.1, 0.15) is 36.8 Å². The topological polar surface area (TPSA) is 76.4 Å². The van der Waals surface area contributed by atoms with Gasteiger partial charge in [0.2, 0.25) is 5.78 Å². The molecule has 0 saturated carbocycles. The number of benzene rings is 2. The number of fused-ring (bicyclic) bond motifs is 1. The van der Waals surface area contributed by atoms with Gasteiger partial charge in [-0.2, -0.15) is 0 Å². The molecule has 1 N–H and O–H groups in total. The van der Waals surface area contributed by atoms with Crippen molar-refractivity contribution in [2.45, 2.75) is 0 Å². The highest BCUT2D eigenvalue weighted by Crippen LogP contribution is 2.31. The van der Waals surface area contributed by atoms with Gasteiger partial charge in [0.15, 0.2) is 11.5 Å². The summed E-state index contributed by atoms with van der Waals surface area (Å²) in [6.45, 7) is 0. The van der Waals surface area contributed by atoms with Gasteiger partial charge in [0.1, 0.15) is 5.70 Å². The second-order valence-corrected chi connectivity index (χ2v) is 5.75. The van der Waals surface area contributed by atoms with Crippen LogP contribution in [0.3, 0.4) is 0 Å². The van der Waals surface area contributed by atoms with Gasteiger partial charge in [-0.25, -0.2) is 0 Å². The number of rotatable bonds is 3. The summed E-state index contributed by atoms with van der Waals surface area (Å²) in [6.07, 6.45) is 1.37. The second kappa shape index (κ2) is 6.29. The largest absolute Gasteiger partial charge is 0.459 e. The molecule has 0 saturated heterocycles. The van der Waals surface area contributed by atoms with E-state index in [2.05, 4.69) is 5.32 Å². The van der Waals surface area contributed by atoms with Crippen molar-refractivity contribution in [3.05, 3.63) is 101 Å². The predicted octanol–water partition coefficient (Wildman–Crippen LogP) is 3.50. The number of carbonyl (C=O) groups excluding carboxylic acids is 3. The maximum atomic E-state index is 13.1. The lowest BCUT2D eigenvalue weighted by atomic mass is 9.84. The third-order valence-electron chi connectivity index (χ3n) is 4.17. The molecule has 1 aromatic heterocycles. The third-order valence-corrected chi connectivity index (χ3v) is 4.17. The SMILES string of the molecule is O=C(NC1=C(c2ccccc2)C(=O)c2ccccc2C1=O)c1ccco1. The third kappa shape index (κ3) is 2.56. The first-order valence-electron chi connectivity index (χ1n) is 8.00. The summed E-state index contributed by atoms with van der Waals surface area (Å²) < 4.78 is 5.08. The zero-order valence-corrected chi connectivity index (χ0v) is 13.6. The molecule has 5 nitrogen and oxygen atoms in total. The minimum absolute atomic E-state index is 0.0405. The summed E-state index contributed by atoms with van der Waals surface area (Å²) in [6, 6.07) is 18.5. The van der Waals surface area contributed by atoms with Gasteiger partial charge in [0, 0.05) is 11.1 Å². The summed E-state index contributed by atoms with van der Waals surface area (Å²) in [7, 11) is 0. The Balaban J connectivity index is 1.88. The summed E-state index contributed by atoms with van der Waals surface area (Å²) in [5, 5.41) is 2.57. The van der Waals surface area contributed by atoms with E-state index in [4.69, 9.17) is 4.42 Å². The molecule has 0 aliphatic heterocycles. The summed E-state index contributed by atoms with van der Waals surface area (Å²) >= 11 is 0. The number of amides is 1. The maximum absolute atomic E-state index is 13.1. The number of nitrogens with one attached hydrogen (secondary N) is 1. The molecule has 0 atom stereocenters. The average Bonchev–Trinajstić information content (AvgIpc) is 3.22. The average molecular weight is 343 g/mol. The Kier molecular flexibility index (Phi) is 3.82. The molecule has 4 rings (SSSR count). The number of furan rings is 1. The van der Waals surface area contributed by atoms with Gasteiger partial charge in [-0.15, -0.1) is 0 Å². The van der Waals surface area contributed by atoms with Crippen molar-refractivity contribution >= 4 is 23.0 Å². The Hall–Kier alpha value is -3.73. The Morgan fingerprint density at radius 3 is 2.08 bits per heavy atom. The minimum Gasteiger partial charge on any atom is -0.459 e. The standard InChI is InChI=1S/C21H13NO4/c23-19-14-9-4-5-10-15(14)20(24)18(17(19)13-7-2-1-3-8-13)22-21(25)16-11-6-12-26-16/h1-12H,(H,22,25). The number of carbonyl (C=O) groups is 3. The van der Waals surface area contributed by atoms with Crippen LogP contribution in [0.5, 0.6) is 0 Å². The van der Waals surface area contributed by atoms with E-state index in [1.807, 2.05) is 6.07 Å². The molecule has 1 aliphatic rings. The van der Waals surface area contributed by atoms with E-state index in [1.165, 1.54) is 12.3 Å². The fraction of sp³-hybridized carbons (Fsp3) is 0. The van der Waals surface area contributed by atoms with E-state index in [0.29, 0.717) is 11.1 Å². The van der Waals surface area contributed by atoms with Gasteiger partial charge in [0.05, 0.1) is 11.8 Å². The molecule has 5 heteroatoms. The molecule has 26 heavy (non-hydrogen) atoms. The monoisotopic (exact) mass is 343 g/mol. The summed E-state index contributed by atoms with van der Waals surface area (Å²) in [5.41, 5.74) is 1.30. The van der Waals surface area contributed by atoms with Gasteiger partial charge in [-0.1, -0.05) is 54.6 Å². The molecule has 1 amide bonds. The predicted molar refractivity (Wildman–Crippen MR) is 94.6 cm³/mol. The first kappa shape index (κ1) is 15.8. The first-order chi connectivity index (χ1) is 12.7. The molecule has 0 bridgehead atoms. The fourth-order valence-electron chi connectivity index (χ4n) is 2.96. The highest BCUT2D eigenvalue weighted by Gasteiger charge is 2.34. The van der Waals surface area contributed by atoms with E-state index < -0.39 is 11.7 Å². The van der Waals surface area contributed by atoms with Crippen LogP contribution in [0, 0.1) is 0 Å². The molecule has 0 radical (unpaired) electrons. The van der Waals surface area contributed by atoms with Gasteiger partial charge >= 0.3 is 0 Å². The highest BCUT2D eigenvalue weighted by molar-refractivity contribution is 6.41. The van der Waals surface area contributed by atoms with Crippen LogP contribution in [0.25, 0.3) is 5.57 Å². The Bertz CT molecular complexity index is 1050. The van der Waals surface area contributed by atoms with Crippen LogP contribution in [-0.4, -0.2) is 17.5 Å². The van der Waals surface area contributed by atoms with Crippen molar-refractivity contribution in [2.24, 2.45) is 0 Å². The molecule has 0 fully saturated rings. The van der Waals surface area contributed by atoms with Gasteiger partial charge < -0.3 is 9.73 Å². The number of ketones is 2. The molecule has 1 heterocycles.